The number of piperazine rings is 1. The van der Waals surface area contributed by atoms with Crippen molar-refractivity contribution in [3.8, 4) is 0 Å². The summed E-state index contributed by atoms with van der Waals surface area (Å²) < 4.78 is 19.1. The summed E-state index contributed by atoms with van der Waals surface area (Å²) in [6, 6.07) is 6.75. The van der Waals surface area contributed by atoms with Crippen molar-refractivity contribution in [2.24, 2.45) is 4.99 Å². The van der Waals surface area contributed by atoms with E-state index in [2.05, 4.69) is 25.3 Å². The van der Waals surface area contributed by atoms with Crippen molar-refractivity contribution >= 4 is 41.5 Å². The summed E-state index contributed by atoms with van der Waals surface area (Å²) in [6.45, 7) is 9.63. The second kappa shape index (κ2) is 11.7. The molecule has 0 spiro atoms. The van der Waals surface area contributed by atoms with Gasteiger partial charge in [-0.1, -0.05) is 22.8 Å². The molecular formula is C20H28ClFIN5O. The maximum Gasteiger partial charge on any atom is 0.194 e. The van der Waals surface area contributed by atoms with Crippen LogP contribution < -0.4 is 5.32 Å². The molecule has 0 radical (unpaired) electrons. The minimum atomic E-state index is -0.274. The van der Waals surface area contributed by atoms with Gasteiger partial charge in [0, 0.05) is 62.5 Å². The van der Waals surface area contributed by atoms with Crippen molar-refractivity contribution in [1.82, 2.24) is 20.3 Å². The SMILES string of the molecule is CCNC(=NCCc1c(F)cccc1Cl)N1CCN(Cc2cc(C)on2)CC1.I. The number of rotatable bonds is 6. The molecule has 1 saturated heterocycles. The number of nitrogens with one attached hydrogen (secondary N) is 1. The fourth-order valence-corrected chi connectivity index (χ4v) is 3.57. The van der Waals surface area contributed by atoms with Crippen LogP contribution in [0.1, 0.15) is 23.9 Å². The molecular weight excluding hydrogens is 508 g/mol. The third-order valence-corrected chi connectivity index (χ3v) is 5.11. The molecule has 1 aromatic carbocycles. The molecule has 1 aromatic heterocycles. The Balaban J connectivity index is 0.00000300. The Morgan fingerprint density at radius 2 is 2.07 bits per heavy atom. The van der Waals surface area contributed by atoms with E-state index >= 15 is 0 Å². The van der Waals surface area contributed by atoms with E-state index in [9.17, 15) is 4.39 Å². The first kappa shape index (κ1) is 23.9. The van der Waals surface area contributed by atoms with Crippen LogP contribution in [-0.4, -0.2) is 60.2 Å². The van der Waals surface area contributed by atoms with E-state index in [0.29, 0.717) is 23.6 Å². The van der Waals surface area contributed by atoms with Crippen LogP contribution in [0.4, 0.5) is 4.39 Å². The van der Waals surface area contributed by atoms with Crippen LogP contribution in [0.15, 0.2) is 33.8 Å². The van der Waals surface area contributed by atoms with Crippen LogP contribution in [0.25, 0.3) is 0 Å². The quantitative estimate of drug-likeness (QED) is 0.347. The largest absolute Gasteiger partial charge is 0.361 e. The highest BCUT2D eigenvalue weighted by molar-refractivity contribution is 14.0. The van der Waals surface area contributed by atoms with Gasteiger partial charge < -0.3 is 14.7 Å². The van der Waals surface area contributed by atoms with E-state index in [1.54, 1.807) is 12.1 Å². The molecule has 2 heterocycles. The first-order valence-corrected chi connectivity index (χ1v) is 10.0. The molecule has 0 unspecified atom stereocenters. The molecule has 1 N–H and O–H groups in total. The van der Waals surface area contributed by atoms with Gasteiger partial charge in [0.05, 0.1) is 5.69 Å². The predicted octanol–water partition coefficient (Wildman–Crippen LogP) is 3.72. The molecule has 29 heavy (non-hydrogen) atoms. The molecule has 9 heteroatoms. The van der Waals surface area contributed by atoms with Gasteiger partial charge in [0.15, 0.2) is 5.96 Å². The molecule has 0 saturated carbocycles. The monoisotopic (exact) mass is 535 g/mol. The number of nitrogens with zero attached hydrogens (tertiary/aromatic N) is 4. The summed E-state index contributed by atoms with van der Waals surface area (Å²) in [5.41, 5.74) is 1.49. The number of aryl methyl sites for hydroxylation is 1. The van der Waals surface area contributed by atoms with Gasteiger partial charge >= 0.3 is 0 Å². The molecule has 0 atom stereocenters. The first-order valence-electron chi connectivity index (χ1n) is 9.67. The Morgan fingerprint density at radius 1 is 1.31 bits per heavy atom. The second-order valence-corrected chi connectivity index (χ2v) is 7.29. The lowest BCUT2D eigenvalue weighted by Gasteiger charge is -2.36. The maximum atomic E-state index is 13.9. The van der Waals surface area contributed by atoms with Crippen LogP contribution in [0.5, 0.6) is 0 Å². The normalized spacial score (nSPS) is 15.3. The zero-order valence-corrected chi connectivity index (χ0v) is 19.9. The number of hydrogen-bond donors (Lipinski definition) is 1. The molecule has 160 valence electrons. The molecule has 0 aliphatic carbocycles. The van der Waals surface area contributed by atoms with E-state index in [1.807, 2.05) is 19.9 Å². The molecule has 1 aliphatic rings. The molecule has 1 aliphatic heterocycles. The molecule has 2 aromatic rings. The molecule has 6 nitrogen and oxygen atoms in total. The van der Waals surface area contributed by atoms with Crippen molar-refractivity contribution < 1.29 is 8.91 Å². The van der Waals surface area contributed by atoms with Crippen molar-refractivity contribution in [3.63, 3.8) is 0 Å². The zero-order chi connectivity index (χ0) is 19.9. The average molecular weight is 536 g/mol. The third kappa shape index (κ3) is 6.82. The smallest absolute Gasteiger partial charge is 0.194 e. The maximum absolute atomic E-state index is 13.9. The Morgan fingerprint density at radius 3 is 2.69 bits per heavy atom. The minimum absolute atomic E-state index is 0. The minimum Gasteiger partial charge on any atom is -0.361 e. The van der Waals surface area contributed by atoms with Gasteiger partial charge in [0.1, 0.15) is 11.6 Å². The Hall–Kier alpha value is -1.39. The van der Waals surface area contributed by atoms with Crippen LogP contribution in [0, 0.1) is 12.7 Å². The van der Waals surface area contributed by atoms with Gasteiger partial charge in [-0.3, -0.25) is 9.89 Å². The van der Waals surface area contributed by atoms with E-state index in [-0.39, 0.29) is 29.8 Å². The number of hydrogen-bond acceptors (Lipinski definition) is 4. The Bertz CT molecular complexity index is 788. The Labute approximate surface area is 193 Å². The number of aromatic nitrogens is 1. The second-order valence-electron chi connectivity index (χ2n) is 6.88. The summed E-state index contributed by atoms with van der Waals surface area (Å²) in [4.78, 5) is 9.29. The summed E-state index contributed by atoms with van der Waals surface area (Å²) in [6.07, 6.45) is 0.478. The van der Waals surface area contributed by atoms with E-state index < -0.39 is 0 Å². The lowest BCUT2D eigenvalue weighted by atomic mass is 10.1. The van der Waals surface area contributed by atoms with Crippen molar-refractivity contribution in [2.75, 3.05) is 39.3 Å². The number of halogens is 3. The first-order chi connectivity index (χ1) is 13.6. The molecule has 1 fully saturated rings. The summed E-state index contributed by atoms with van der Waals surface area (Å²) in [5.74, 6) is 1.43. The summed E-state index contributed by atoms with van der Waals surface area (Å²) in [5, 5.41) is 7.86. The van der Waals surface area contributed by atoms with Crippen molar-refractivity contribution in [3.05, 3.63) is 52.1 Å². The average Bonchev–Trinajstić information content (AvgIpc) is 3.09. The van der Waals surface area contributed by atoms with Gasteiger partial charge in [0.2, 0.25) is 0 Å². The van der Waals surface area contributed by atoms with Gasteiger partial charge in [-0.15, -0.1) is 24.0 Å². The van der Waals surface area contributed by atoms with Crippen LogP contribution in [0.2, 0.25) is 5.02 Å². The lowest BCUT2D eigenvalue weighted by molar-refractivity contribution is 0.169. The number of aliphatic imine (C=N–C) groups is 1. The van der Waals surface area contributed by atoms with E-state index in [0.717, 1.165) is 56.7 Å². The standard InChI is InChI=1S/C20H27ClFN5O.HI/c1-3-23-20(24-8-7-17-18(21)5-4-6-19(17)22)27-11-9-26(10-12-27)14-16-13-15(2)28-25-16;/h4-6,13H,3,7-12,14H2,1-2H3,(H,23,24);1H. The lowest BCUT2D eigenvalue weighted by Crippen LogP contribution is -2.52. The summed E-state index contributed by atoms with van der Waals surface area (Å²) in [7, 11) is 0. The third-order valence-electron chi connectivity index (χ3n) is 4.75. The van der Waals surface area contributed by atoms with Crippen LogP contribution in [0.3, 0.4) is 0 Å². The highest BCUT2D eigenvalue weighted by atomic mass is 127. The highest BCUT2D eigenvalue weighted by Crippen LogP contribution is 2.19. The molecule has 3 rings (SSSR count). The molecule has 0 bridgehead atoms. The van der Waals surface area contributed by atoms with Crippen molar-refractivity contribution in [2.45, 2.75) is 26.8 Å². The topological polar surface area (TPSA) is 56.9 Å². The van der Waals surface area contributed by atoms with Gasteiger partial charge in [0.25, 0.3) is 0 Å². The highest BCUT2D eigenvalue weighted by Gasteiger charge is 2.20. The van der Waals surface area contributed by atoms with Gasteiger partial charge in [-0.25, -0.2) is 4.39 Å². The van der Waals surface area contributed by atoms with E-state index in [4.69, 9.17) is 16.1 Å². The number of guanidine groups is 1. The predicted molar refractivity (Wildman–Crippen MR) is 125 cm³/mol. The summed E-state index contributed by atoms with van der Waals surface area (Å²) >= 11 is 6.11. The van der Waals surface area contributed by atoms with Crippen LogP contribution in [-0.2, 0) is 13.0 Å². The zero-order valence-electron chi connectivity index (χ0n) is 16.8. The molecule has 0 amide bonds. The fraction of sp³-hybridized carbons (Fsp3) is 0.500. The van der Waals surface area contributed by atoms with Crippen LogP contribution >= 0.6 is 35.6 Å². The van der Waals surface area contributed by atoms with Gasteiger partial charge in [-0.2, -0.15) is 0 Å². The Kier molecular flexibility index (Phi) is 9.64. The van der Waals surface area contributed by atoms with E-state index in [1.165, 1.54) is 6.07 Å². The van der Waals surface area contributed by atoms with Gasteiger partial charge in [-0.05, 0) is 32.4 Å². The fourth-order valence-electron chi connectivity index (χ4n) is 3.31. The number of benzene rings is 1. The van der Waals surface area contributed by atoms with Crippen molar-refractivity contribution in [1.29, 1.82) is 0 Å².